The van der Waals surface area contributed by atoms with Gasteiger partial charge in [-0.25, -0.2) is 0 Å². The Balaban J connectivity index is 2.79. The van der Waals surface area contributed by atoms with E-state index in [9.17, 15) is 0 Å². The molecular formula is C7H10Bi. The molecule has 0 aromatic rings. The average molecular weight is 303 g/mol. The van der Waals surface area contributed by atoms with Gasteiger partial charge >= 0.3 is 62.2 Å². The van der Waals surface area contributed by atoms with Crippen molar-refractivity contribution < 1.29 is 0 Å². The fourth-order valence-corrected chi connectivity index (χ4v) is 4.91. The molecule has 0 aliphatic carbocycles. The third-order valence-corrected chi connectivity index (χ3v) is 6.17. The second-order valence-corrected chi connectivity index (χ2v) is 8.93. The van der Waals surface area contributed by atoms with Crippen LogP contribution in [-0.4, -0.2) is 23.2 Å². The summed E-state index contributed by atoms with van der Waals surface area (Å²) in [7, 11) is 0. The molecule has 0 aromatic heterocycles. The first-order chi connectivity index (χ1) is 3.70. The zero-order valence-corrected chi connectivity index (χ0v) is 9.39. The fourth-order valence-electron chi connectivity index (χ4n) is 0.781. The quantitative estimate of drug-likeness (QED) is 0.594. The number of rotatable bonds is 0. The predicted octanol–water partition coefficient (Wildman–Crippen LogP) is 1.44. The molecule has 1 rings (SSSR count). The van der Waals surface area contributed by atoms with E-state index in [4.69, 9.17) is 0 Å². The Morgan fingerprint density at radius 3 is 2.00 bits per heavy atom. The molecule has 0 saturated carbocycles. The number of allylic oxidation sites excluding steroid dienone is 4. The number of hydrogen-bond donors (Lipinski definition) is 0. The van der Waals surface area contributed by atoms with E-state index >= 15 is 0 Å². The van der Waals surface area contributed by atoms with Gasteiger partial charge in [0.25, 0.3) is 0 Å². The van der Waals surface area contributed by atoms with Crippen molar-refractivity contribution in [2.45, 2.75) is 20.8 Å². The summed E-state index contributed by atoms with van der Waals surface area (Å²) in [6.07, 6.45) is 3.35. The summed E-state index contributed by atoms with van der Waals surface area (Å²) in [6, 6.07) is 0. The van der Waals surface area contributed by atoms with Gasteiger partial charge in [-0.15, -0.1) is 0 Å². The van der Waals surface area contributed by atoms with Gasteiger partial charge in [0.2, 0.25) is 0 Å². The van der Waals surface area contributed by atoms with E-state index in [1.807, 2.05) is 0 Å². The van der Waals surface area contributed by atoms with Crippen LogP contribution < -0.4 is 0 Å². The molecular weight excluding hydrogens is 293 g/mol. The van der Waals surface area contributed by atoms with Gasteiger partial charge in [0.1, 0.15) is 0 Å². The second kappa shape index (κ2) is 2.31. The predicted molar refractivity (Wildman–Crippen MR) is 38.0 cm³/mol. The van der Waals surface area contributed by atoms with Crippen LogP contribution in [0.4, 0.5) is 0 Å². The van der Waals surface area contributed by atoms with Gasteiger partial charge in [-0.05, 0) is 0 Å². The molecule has 0 fully saturated rings. The van der Waals surface area contributed by atoms with Gasteiger partial charge in [0, 0.05) is 0 Å². The van der Waals surface area contributed by atoms with E-state index in [-0.39, 0.29) is 0 Å². The third kappa shape index (κ3) is 1.20. The topological polar surface area (TPSA) is 0 Å². The van der Waals surface area contributed by atoms with Crippen LogP contribution in [0.25, 0.3) is 0 Å². The number of hydrogen-bond acceptors (Lipinski definition) is 0. The second-order valence-electron chi connectivity index (χ2n) is 2.12. The van der Waals surface area contributed by atoms with Crippen LogP contribution in [0.2, 0.25) is 0 Å². The summed E-state index contributed by atoms with van der Waals surface area (Å²) in [6.45, 7) is 6.63. The molecule has 0 aromatic carbocycles. The summed E-state index contributed by atoms with van der Waals surface area (Å²) in [5, 5.41) is 0. The van der Waals surface area contributed by atoms with Gasteiger partial charge in [-0.3, -0.25) is 0 Å². The van der Waals surface area contributed by atoms with Gasteiger partial charge < -0.3 is 0 Å². The van der Waals surface area contributed by atoms with E-state index in [0.717, 1.165) is 0 Å². The molecule has 8 heavy (non-hydrogen) atoms. The van der Waals surface area contributed by atoms with Gasteiger partial charge in [-0.1, -0.05) is 0 Å². The Morgan fingerprint density at radius 2 is 1.88 bits per heavy atom. The summed E-state index contributed by atoms with van der Waals surface area (Å²) in [4.78, 5) is 0. The van der Waals surface area contributed by atoms with Crippen LogP contribution >= 0.6 is 0 Å². The molecule has 1 heteroatoms. The molecule has 1 radical (unpaired) electrons. The van der Waals surface area contributed by atoms with Crippen molar-refractivity contribution in [2.75, 3.05) is 0 Å². The van der Waals surface area contributed by atoms with Crippen molar-refractivity contribution in [3.8, 4) is 0 Å². The van der Waals surface area contributed by atoms with Crippen LogP contribution in [0.15, 0.2) is 12.1 Å². The Morgan fingerprint density at radius 1 is 1.25 bits per heavy atom. The fraction of sp³-hybridized carbons (Fsp3) is 0.429. The normalized spacial score (nSPS) is 19.6. The van der Waals surface area contributed by atoms with Crippen LogP contribution in [0.1, 0.15) is 20.8 Å². The molecule has 0 spiro atoms. The van der Waals surface area contributed by atoms with Gasteiger partial charge in [0.15, 0.2) is 0 Å². The zero-order valence-electron chi connectivity index (χ0n) is 5.50. The van der Waals surface area contributed by atoms with Crippen LogP contribution in [0.3, 0.4) is 0 Å². The minimum atomic E-state index is -0.416. The molecule has 1 aliphatic heterocycles. The summed E-state index contributed by atoms with van der Waals surface area (Å²) in [5.41, 5.74) is 1.42. The molecule has 43 valence electrons. The molecule has 0 amide bonds. The van der Waals surface area contributed by atoms with E-state index in [0.29, 0.717) is 0 Å². The molecule has 1 heterocycles. The van der Waals surface area contributed by atoms with Crippen molar-refractivity contribution in [3.63, 3.8) is 0 Å². The van der Waals surface area contributed by atoms with Crippen molar-refractivity contribution in [3.05, 3.63) is 18.2 Å². The van der Waals surface area contributed by atoms with Crippen molar-refractivity contribution in [1.82, 2.24) is 0 Å². The maximum absolute atomic E-state index is 3.35. The summed E-state index contributed by atoms with van der Waals surface area (Å²) in [5.74, 6) is 0. The SMILES string of the molecule is C[C]1=[C]C(C)=[C](C)[BiH]1. The van der Waals surface area contributed by atoms with E-state index in [1.54, 1.807) is 6.56 Å². The minimum absolute atomic E-state index is 0.416. The Labute approximate surface area is 62.2 Å². The van der Waals surface area contributed by atoms with Crippen molar-refractivity contribution >= 4 is 23.2 Å². The molecule has 0 saturated heterocycles. The summed E-state index contributed by atoms with van der Waals surface area (Å²) < 4.78 is 3.24. The van der Waals surface area contributed by atoms with Crippen molar-refractivity contribution in [1.29, 1.82) is 0 Å². The standard InChI is InChI=1S/C7H9.Bi.H/c1-4-6-7(3)5-2;;/h1-3H3;;. The van der Waals surface area contributed by atoms with Crippen LogP contribution in [0, 0.1) is 6.08 Å². The zero-order chi connectivity index (χ0) is 6.15. The molecule has 0 nitrogen and oxygen atoms in total. The van der Waals surface area contributed by atoms with Crippen molar-refractivity contribution in [2.24, 2.45) is 0 Å². The first-order valence-electron chi connectivity index (χ1n) is 2.75. The van der Waals surface area contributed by atoms with Gasteiger partial charge in [-0.2, -0.15) is 0 Å². The molecule has 0 N–H and O–H groups in total. The first-order valence-corrected chi connectivity index (χ1v) is 6.64. The molecule has 0 unspecified atom stereocenters. The Hall–Kier alpha value is 0.363. The van der Waals surface area contributed by atoms with E-state index in [2.05, 4.69) is 26.8 Å². The monoisotopic (exact) mass is 303 g/mol. The Kier molecular flexibility index (Phi) is 1.87. The van der Waals surface area contributed by atoms with Gasteiger partial charge in [0.05, 0.1) is 0 Å². The maximum atomic E-state index is 3.35. The summed E-state index contributed by atoms with van der Waals surface area (Å²) >= 11 is -0.416. The molecule has 1 aliphatic rings. The van der Waals surface area contributed by atoms with E-state index in [1.165, 1.54) is 5.57 Å². The average Bonchev–Trinajstić information content (AvgIpc) is 1.85. The first kappa shape index (κ1) is 6.48. The third-order valence-electron chi connectivity index (χ3n) is 1.31. The molecule has 0 bridgehead atoms. The Bertz CT molecular complexity index is 163. The van der Waals surface area contributed by atoms with Crippen LogP contribution in [0.5, 0.6) is 0 Å². The van der Waals surface area contributed by atoms with Crippen LogP contribution in [-0.2, 0) is 0 Å². The molecule has 0 atom stereocenters. The van der Waals surface area contributed by atoms with E-state index < -0.39 is 23.2 Å².